The van der Waals surface area contributed by atoms with Crippen molar-refractivity contribution in [2.45, 2.75) is 0 Å². The summed E-state index contributed by atoms with van der Waals surface area (Å²) in [5.41, 5.74) is 0. The minimum atomic E-state index is -5.03. The first-order valence-corrected chi connectivity index (χ1v) is 7.68. The van der Waals surface area contributed by atoms with E-state index < -0.39 is 23.7 Å². The van der Waals surface area contributed by atoms with E-state index >= 15 is 0 Å². The fraction of sp³-hybridized carbons (Fsp3) is 0. The minimum absolute atomic E-state index is 0.570. The SMILES string of the molecule is C=CC=CP(=O)(O)OP(=O)(O)O[PH](=O)O. The summed E-state index contributed by atoms with van der Waals surface area (Å²) in [4.78, 5) is 25.8. The predicted octanol–water partition coefficient (Wildman–Crippen LogP) is 1.39. The number of hydrogen-bond donors (Lipinski definition) is 3. The van der Waals surface area contributed by atoms with Crippen LogP contribution in [0.3, 0.4) is 0 Å². The summed E-state index contributed by atoms with van der Waals surface area (Å²) in [6.45, 7) is 3.19. The van der Waals surface area contributed by atoms with Gasteiger partial charge in [0.2, 0.25) is 0 Å². The smallest absolute Gasteiger partial charge is 0.326 e. The van der Waals surface area contributed by atoms with Crippen LogP contribution in [-0.2, 0) is 22.3 Å². The third kappa shape index (κ3) is 7.85. The number of allylic oxidation sites excluding steroid dienone is 2. The lowest BCUT2D eigenvalue weighted by Crippen LogP contribution is -1.87. The monoisotopic (exact) mass is 278 g/mol. The maximum Gasteiger partial charge on any atom is 0.486 e. The molecule has 8 nitrogen and oxygen atoms in total. The molecule has 0 bridgehead atoms. The van der Waals surface area contributed by atoms with Gasteiger partial charge in [-0.15, -0.1) is 0 Å². The Bertz CT molecular complexity index is 372. The fourth-order valence-electron chi connectivity index (χ4n) is 0.460. The third-order valence-electron chi connectivity index (χ3n) is 0.824. The number of rotatable bonds is 6. The van der Waals surface area contributed by atoms with Crippen molar-refractivity contribution in [3.05, 3.63) is 24.5 Å². The van der Waals surface area contributed by atoms with Gasteiger partial charge in [-0.3, -0.25) is 9.13 Å². The lowest BCUT2D eigenvalue weighted by Gasteiger charge is -2.11. The molecule has 0 fully saturated rings. The molecule has 0 aliphatic carbocycles. The van der Waals surface area contributed by atoms with Crippen LogP contribution in [0.25, 0.3) is 0 Å². The van der Waals surface area contributed by atoms with E-state index in [0.29, 0.717) is 5.82 Å². The van der Waals surface area contributed by atoms with Crippen LogP contribution < -0.4 is 0 Å². The van der Waals surface area contributed by atoms with Crippen LogP contribution in [0.5, 0.6) is 0 Å². The van der Waals surface area contributed by atoms with Gasteiger partial charge < -0.3 is 14.7 Å². The highest BCUT2D eigenvalue weighted by Crippen LogP contribution is 2.63. The normalized spacial score (nSPS) is 21.8. The fourth-order valence-corrected chi connectivity index (χ4v) is 3.42. The molecule has 0 saturated heterocycles. The molecule has 0 saturated carbocycles. The number of hydrogen-bond acceptors (Lipinski definition) is 5. The lowest BCUT2D eigenvalue weighted by atomic mass is 10.6. The number of phosphoric acid groups is 1. The van der Waals surface area contributed by atoms with Crippen molar-refractivity contribution >= 4 is 23.7 Å². The second kappa shape index (κ2) is 5.89. The summed E-state index contributed by atoms with van der Waals surface area (Å²) in [6, 6.07) is 0. The van der Waals surface area contributed by atoms with E-state index in [1.54, 1.807) is 0 Å². The largest absolute Gasteiger partial charge is 0.486 e. The highest BCUT2D eigenvalue weighted by Gasteiger charge is 2.33. The van der Waals surface area contributed by atoms with Crippen molar-refractivity contribution < 1.29 is 37.0 Å². The van der Waals surface area contributed by atoms with Crippen molar-refractivity contribution in [1.29, 1.82) is 0 Å². The minimum Gasteiger partial charge on any atom is -0.326 e. The van der Waals surface area contributed by atoms with Gasteiger partial charge >= 0.3 is 23.7 Å². The molecule has 11 heteroatoms. The second-order valence-corrected chi connectivity index (χ2v) is 6.33. The Morgan fingerprint density at radius 3 is 2.27 bits per heavy atom. The van der Waals surface area contributed by atoms with E-state index in [1.807, 2.05) is 0 Å². The van der Waals surface area contributed by atoms with Gasteiger partial charge in [0, 0.05) is 5.82 Å². The Kier molecular flexibility index (Phi) is 5.88. The Morgan fingerprint density at radius 1 is 1.33 bits per heavy atom. The molecule has 3 N–H and O–H groups in total. The van der Waals surface area contributed by atoms with Gasteiger partial charge in [-0.1, -0.05) is 18.7 Å². The average Bonchev–Trinajstić information content (AvgIpc) is 1.95. The molecule has 0 rings (SSSR count). The molecule has 0 aromatic heterocycles. The van der Waals surface area contributed by atoms with Crippen molar-refractivity contribution in [2.24, 2.45) is 0 Å². The topological polar surface area (TPSA) is 130 Å². The van der Waals surface area contributed by atoms with Gasteiger partial charge in [0.1, 0.15) is 0 Å². The van der Waals surface area contributed by atoms with Crippen LogP contribution in [0.15, 0.2) is 24.5 Å². The summed E-state index contributed by atoms with van der Waals surface area (Å²) < 4.78 is 39.2. The predicted molar refractivity (Wildman–Crippen MR) is 52.4 cm³/mol. The van der Waals surface area contributed by atoms with Crippen LogP contribution in [0.2, 0.25) is 0 Å². The molecule has 3 unspecified atom stereocenters. The summed E-state index contributed by atoms with van der Waals surface area (Å²) in [6.07, 6.45) is 2.13. The third-order valence-corrected chi connectivity index (χ3v) is 4.68. The van der Waals surface area contributed by atoms with Gasteiger partial charge in [-0.25, -0.2) is 13.2 Å². The van der Waals surface area contributed by atoms with Gasteiger partial charge in [-0.2, -0.15) is 0 Å². The summed E-state index contributed by atoms with van der Waals surface area (Å²) in [5, 5.41) is 0. The van der Waals surface area contributed by atoms with Crippen molar-refractivity contribution in [2.75, 3.05) is 0 Å². The quantitative estimate of drug-likeness (QED) is 0.490. The van der Waals surface area contributed by atoms with Crippen LogP contribution in [0.4, 0.5) is 0 Å². The zero-order valence-electron chi connectivity index (χ0n) is 7.22. The van der Waals surface area contributed by atoms with Gasteiger partial charge in [-0.05, 0) is 0 Å². The highest BCUT2D eigenvalue weighted by molar-refractivity contribution is 7.68. The van der Waals surface area contributed by atoms with E-state index in [-0.39, 0.29) is 0 Å². The van der Waals surface area contributed by atoms with Crippen molar-refractivity contribution in [3.63, 3.8) is 0 Å². The molecular weight excluding hydrogens is 269 g/mol. The molecule has 0 spiro atoms. The molecule has 0 amide bonds. The van der Waals surface area contributed by atoms with Gasteiger partial charge in [0.25, 0.3) is 0 Å². The molecule has 0 aromatic rings. The van der Waals surface area contributed by atoms with E-state index in [4.69, 9.17) is 14.7 Å². The Labute approximate surface area is 86.0 Å². The van der Waals surface area contributed by atoms with Crippen LogP contribution in [0, 0.1) is 0 Å². The van der Waals surface area contributed by atoms with Crippen LogP contribution in [0.1, 0.15) is 0 Å². The standard InChI is InChI=1S/C4H9O8P3/c1-2-3-4-14(7,8)12-15(9,10)11-13(5)6/h2-4,13H,1H2,(H,5,6)(H,7,8)(H,9,10). The Hall–Kier alpha value is -0.0300. The maximum absolute atomic E-state index is 11.0. The van der Waals surface area contributed by atoms with Gasteiger partial charge in [0.15, 0.2) is 0 Å². The molecule has 0 heterocycles. The molecule has 88 valence electrons. The molecule has 3 atom stereocenters. The zero-order chi connectivity index (χ0) is 12.1. The zero-order valence-corrected chi connectivity index (χ0v) is 10.0. The molecule has 0 aromatic carbocycles. The first-order valence-electron chi connectivity index (χ1n) is 3.28. The van der Waals surface area contributed by atoms with Crippen LogP contribution >= 0.6 is 23.7 Å². The summed E-state index contributed by atoms with van der Waals surface area (Å²) >= 11 is 0. The Morgan fingerprint density at radius 2 is 1.87 bits per heavy atom. The van der Waals surface area contributed by atoms with E-state index in [2.05, 4.69) is 15.2 Å². The second-order valence-electron chi connectivity index (χ2n) is 2.05. The van der Waals surface area contributed by atoms with Crippen molar-refractivity contribution in [3.8, 4) is 0 Å². The lowest BCUT2D eigenvalue weighted by molar-refractivity contribution is 0.266. The van der Waals surface area contributed by atoms with Crippen molar-refractivity contribution in [1.82, 2.24) is 0 Å². The first kappa shape index (κ1) is 15.0. The van der Waals surface area contributed by atoms with E-state index in [1.165, 1.54) is 0 Å². The molecule has 0 radical (unpaired) electrons. The Balaban J connectivity index is 4.64. The molecular formula is C4H9O8P3. The maximum atomic E-state index is 11.0. The molecule has 0 aliphatic heterocycles. The molecule has 0 aliphatic rings. The van der Waals surface area contributed by atoms with Gasteiger partial charge in [0.05, 0.1) is 0 Å². The summed E-state index contributed by atoms with van der Waals surface area (Å²) in [7, 11) is -13.3. The van der Waals surface area contributed by atoms with Crippen LogP contribution in [-0.4, -0.2) is 14.7 Å². The first-order chi connectivity index (χ1) is 6.68. The molecule has 15 heavy (non-hydrogen) atoms. The average molecular weight is 278 g/mol. The summed E-state index contributed by atoms with van der Waals surface area (Å²) in [5.74, 6) is 0.570. The van der Waals surface area contributed by atoms with E-state index in [9.17, 15) is 13.7 Å². The highest BCUT2D eigenvalue weighted by atomic mass is 31.3. The van der Waals surface area contributed by atoms with E-state index in [0.717, 1.165) is 12.2 Å².